The molecule has 1 aliphatic rings. The van der Waals surface area contributed by atoms with Crippen LogP contribution in [0.15, 0.2) is 41.0 Å². The molecule has 2 aromatic heterocycles. The highest BCUT2D eigenvalue weighted by Crippen LogP contribution is 2.25. The summed E-state index contributed by atoms with van der Waals surface area (Å²) in [6.07, 6.45) is 1.000. The Morgan fingerprint density at radius 1 is 1.23 bits per heavy atom. The van der Waals surface area contributed by atoms with Crippen molar-refractivity contribution in [3.63, 3.8) is 0 Å². The normalized spacial score (nSPS) is 16.8. The number of aliphatic hydroxyl groups is 1. The van der Waals surface area contributed by atoms with Crippen LogP contribution in [0.1, 0.15) is 11.8 Å². The van der Waals surface area contributed by atoms with Gasteiger partial charge in [0.15, 0.2) is 12.0 Å². The van der Waals surface area contributed by atoms with E-state index in [-0.39, 0.29) is 0 Å². The SMILES string of the molecule is CN1CCN(c2ccc(C(O)Nc3n[nH]c4[nH+]cc(Br)cc34)cc2)CC1. The van der Waals surface area contributed by atoms with Crippen molar-refractivity contribution >= 4 is 38.5 Å². The first-order valence-electron chi connectivity index (χ1n) is 8.63. The van der Waals surface area contributed by atoms with Gasteiger partial charge in [-0.15, -0.1) is 5.10 Å². The van der Waals surface area contributed by atoms with Crippen LogP contribution in [0.4, 0.5) is 11.5 Å². The third-order valence-electron chi connectivity index (χ3n) is 4.79. The fourth-order valence-corrected chi connectivity index (χ4v) is 3.52. The molecule has 0 saturated carbocycles. The molecule has 1 unspecified atom stereocenters. The van der Waals surface area contributed by atoms with Crippen LogP contribution in [0.5, 0.6) is 0 Å². The monoisotopic (exact) mass is 417 g/mol. The highest BCUT2D eigenvalue weighted by atomic mass is 79.9. The van der Waals surface area contributed by atoms with E-state index in [1.165, 1.54) is 5.69 Å². The fourth-order valence-electron chi connectivity index (χ4n) is 3.18. The van der Waals surface area contributed by atoms with Crippen molar-refractivity contribution in [2.45, 2.75) is 6.23 Å². The number of nitrogens with zero attached hydrogens (tertiary/aromatic N) is 3. The lowest BCUT2D eigenvalue weighted by molar-refractivity contribution is -0.348. The summed E-state index contributed by atoms with van der Waals surface area (Å²) in [6.45, 7) is 4.21. The van der Waals surface area contributed by atoms with Gasteiger partial charge in [0.1, 0.15) is 11.6 Å². The molecule has 0 aliphatic carbocycles. The molecule has 1 atom stereocenters. The lowest BCUT2D eigenvalue weighted by Crippen LogP contribution is -2.44. The summed E-state index contributed by atoms with van der Waals surface area (Å²) in [5, 5.41) is 21.7. The molecule has 4 N–H and O–H groups in total. The molecule has 0 spiro atoms. The van der Waals surface area contributed by atoms with Crippen LogP contribution < -0.4 is 15.2 Å². The number of halogens is 1. The van der Waals surface area contributed by atoms with Gasteiger partial charge in [-0.05, 0) is 41.2 Å². The van der Waals surface area contributed by atoms with Crippen LogP contribution in [0.25, 0.3) is 11.0 Å². The molecule has 1 aromatic carbocycles. The number of nitrogens with one attached hydrogen (secondary N) is 3. The lowest BCUT2D eigenvalue weighted by Gasteiger charge is -2.34. The van der Waals surface area contributed by atoms with Gasteiger partial charge in [0.05, 0.1) is 4.47 Å². The number of hydrogen-bond donors (Lipinski definition) is 3. The molecule has 0 amide bonds. The van der Waals surface area contributed by atoms with Crippen molar-refractivity contribution in [3.05, 3.63) is 46.6 Å². The van der Waals surface area contributed by atoms with Gasteiger partial charge in [-0.25, -0.2) is 4.98 Å². The van der Waals surface area contributed by atoms with Crippen molar-refractivity contribution in [2.24, 2.45) is 0 Å². The van der Waals surface area contributed by atoms with Crippen LogP contribution in [0.2, 0.25) is 0 Å². The van der Waals surface area contributed by atoms with Gasteiger partial charge in [-0.1, -0.05) is 17.2 Å². The van der Waals surface area contributed by atoms with E-state index in [1.807, 2.05) is 24.4 Å². The minimum Gasteiger partial charge on any atom is -0.369 e. The molecule has 0 bridgehead atoms. The average Bonchev–Trinajstić information content (AvgIpc) is 3.04. The Labute approximate surface area is 160 Å². The summed E-state index contributed by atoms with van der Waals surface area (Å²) in [7, 11) is 2.15. The molecule has 1 aliphatic heterocycles. The average molecular weight is 418 g/mol. The van der Waals surface area contributed by atoms with Gasteiger partial charge in [0.2, 0.25) is 0 Å². The summed E-state index contributed by atoms with van der Waals surface area (Å²) in [5.74, 6) is 0.605. The molecule has 7 nitrogen and oxygen atoms in total. The summed E-state index contributed by atoms with van der Waals surface area (Å²) >= 11 is 3.44. The van der Waals surface area contributed by atoms with Crippen molar-refractivity contribution in [2.75, 3.05) is 43.4 Å². The molecule has 3 aromatic rings. The molecule has 3 heterocycles. The molecule has 1 fully saturated rings. The van der Waals surface area contributed by atoms with Crippen LogP contribution in [0, 0.1) is 0 Å². The Bertz CT molecular complexity index is 888. The number of benzene rings is 1. The highest BCUT2D eigenvalue weighted by molar-refractivity contribution is 9.10. The van der Waals surface area contributed by atoms with Crippen molar-refractivity contribution in [3.8, 4) is 0 Å². The quantitative estimate of drug-likeness (QED) is 0.565. The van der Waals surface area contributed by atoms with Gasteiger partial charge < -0.3 is 20.2 Å². The molecule has 26 heavy (non-hydrogen) atoms. The number of H-pyrrole nitrogens is 2. The van der Waals surface area contributed by atoms with Gasteiger partial charge in [-0.2, -0.15) is 0 Å². The first-order chi connectivity index (χ1) is 12.6. The van der Waals surface area contributed by atoms with Gasteiger partial charge in [-0.3, -0.25) is 0 Å². The first-order valence-corrected chi connectivity index (χ1v) is 9.43. The Balaban J connectivity index is 1.47. The number of aromatic amines is 2. The molecule has 1 saturated heterocycles. The van der Waals surface area contributed by atoms with E-state index >= 15 is 0 Å². The second-order valence-corrected chi connectivity index (χ2v) is 7.52. The topological polar surface area (TPSA) is 81.6 Å². The van der Waals surface area contributed by atoms with Crippen LogP contribution in [0.3, 0.4) is 0 Å². The minimum atomic E-state index is -0.831. The molecular weight excluding hydrogens is 396 g/mol. The van der Waals surface area contributed by atoms with E-state index in [9.17, 15) is 5.11 Å². The highest BCUT2D eigenvalue weighted by Gasteiger charge is 2.17. The zero-order valence-electron chi connectivity index (χ0n) is 14.5. The van der Waals surface area contributed by atoms with Gasteiger partial charge >= 0.3 is 5.65 Å². The Morgan fingerprint density at radius 2 is 1.96 bits per heavy atom. The second kappa shape index (κ2) is 7.22. The molecular formula is C18H22BrN6O+. The summed E-state index contributed by atoms with van der Waals surface area (Å²) in [6, 6.07) is 10.0. The van der Waals surface area contributed by atoms with E-state index < -0.39 is 6.23 Å². The van der Waals surface area contributed by atoms with Gasteiger partial charge in [0, 0.05) is 37.4 Å². The first kappa shape index (κ1) is 17.3. The number of likely N-dealkylation sites (N-methyl/N-ethyl adjacent to an activating group) is 1. The number of piperazine rings is 1. The maximum absolute atomic E-state index is 10.5. The minimum absolute atomic E-state index is 0.605. The zero-order chi connectivity index (χ0) is 18.1. The van der Waals surface area contributed by atoms with E-state index in [1.54, 1.807) is 0 Å². The van der Waals surface area contributed by atoms with Crippen LogP contribution >= 0.6 is 15.9 Å². The third kappa shape index (κ3) is 3.53. The molecule has 136 valence electrons. The zero-order valence-corrected chi connectivity index (χ0v) is 16.1. The van der Waals surface area contributed by atoms with Crippen molar-refractivity contribution in [1.82, 2.24) is 15.1 Å². The van der Waals surface area contributed by atoms with Crippen molar-refractivity contribution in [1.29, 1.82) is 0 Å². The van der Waals surface area contributed by atoms with Crippen molar-refractivity contribution < 1.29 is 10.1 Å². The smallest absolute Gasteiger partial charge is 0.308 e. The lowest BCUT2D eigenvalue weighted by atomic mass is 10.1. The largest absolute Gasteiger partial charge is 0.369 e. The maximum atomic E-state index is 10.5. The van der Waals surface area contributed by atoms with E-state index in [0.717, 1.165) is 47.2 Å². The van der Waals surface area contributed by atoms with E-state index in [2.05, 4.69) is 65.4 Å². The number of hydrogen-bond acceptors (Lipinski definition) is 5. The summed E-state index contributed by atoms with van der Waals surface area (Å²) in [4.78, 5) is 7.81. The van der Waals surface area contributed by atoms with E-state index in [4.69, 9.17) is 0 Å². The molecule has 0 radical (unpaired) electrons. The van der Waals surface area contributed by atoms with Crippen LogP contribution in [-0.4, -0.2) is 53.4 Å². The Hall–Kier alpha value is -2.16. The number of pyridine rings is 1. The number of aromatic nitrogens is 3. The molecule has 4 rings (SSSR count). The number of rotatable bonds is 4. The van der Waals surface area contributed by atoms with E-state index in [0.29, 0.717) is 5.82 Å². The number of fused-ring (bicyclic) bond motifs is 1. The number of anilines is 2. The Kier molecular flexibility index (Phi) is 4.80. The second-order valence-electron chi connectivity index (χ2n) is 6.61. The molecule has 8 heteroatoms. The summed E-state index contributed by atoms with van der Waals surface area (Å²) < 4.78 is 0.917. The fraction of sp³-hybridized carbons (Fsp3) is 0.333. The predicted octanol–water partition coefficient (Wildman–Crippen LogP) is 1.99. The van der Waals surface area contributed by atoms with Crippen LogP contribution in [-0.2, 0) is 0 Å². The third-order valence-corrected chi connectivity index (χ3v) is 5.25. The standard InChI is InChI=1S/C18H21BrN6O/c1-24-6-8-25(9-7-24)14-4-2-12(3-5-14)18(26)21-17-15-10-13(19)11-20-16(15)22-23-17/h2-5,10-11,18,26H,6-9H2,1H3,(H2,20,21,22,23)/p+1. The van der Waals surface area contributed by atoms with Gasteiger partial charge in [0.25, 0.3) is 0 Å². The number of aliphatic hydroxyl groups excluding tert-OH is 1. The Morgan fingerprint density at radius 3 is 2.69 bits per heavy atom. The maximum Gasteiger partial charge on any atom is 0.308 e. The predicted molar refractivity (Wildman–Crippen MR) is 105 cm³/mol. The summed E-state index contributed by atoms with van der Waals surface area (Å²) in [5.41, 5.74) is 2.80.